The molecule has 0 atom stereocenters. The molecule has 5 heteroatoms. The van der Waals surface area contributed by atoms with Gasteiger partial charge in [0, 0.05) is 38.3 Å². The van der Waals surface area contributed by atoms with Crippen molar-refractivity contribution in [1.29, 1.82) is 0 Å². The maximum atomic E-state index is 5.20. The monoisotopic (exact) mass is 310 g/mol. The van der Waals surface area contributed by atoms with E-state index in [1.807, 2.05) is 25.5 Å². The topological polar surface area (TPSA) is 52.8 Å². The van der Waals surface area contributed by atoms with Crippen molar-refractivity contribution >= 4 is 11.2 Å². The third-order valence-corrected chi connectivity index (χ3v) is 4.02. The van der Waals surface area contributed by atoms with E-state index in [0.29, 0.717) is 6.61 Å². The average Bonchev–Trinajstić information content (AvgIpc) is 2.90. The average molecular weight is 310 g/mol. The smallest absolute Gasteiger partial charge is 0.160 e. The zero-order valence-corrected chi connectivity index (χ0v) is 13.9. The minimum Gasteiger partial charge on any atom is -0.384 e. The van der Waals surface area contributed by atoms with Crippen LogP contribution in [0.3, 0.4) is 0 Å². The Balaban J connectivity index is 2.08. The lowest BCUT2D eigenvalue weighted by atomic mass is 10.1. The molecule has 0 amide bonds. The molecule has 0 N–H and O–H groups in total. The minimum atomic E-state index is 0.668. The van der Waals surface area contributed by atoms with E-state index in [2.05, 4.69) is 27.5 Å². The van der Waals surface area contributed by atoms with Gasteiger partial charge in [0.2, 0.25) is 0 Å². The van der Waals surface area contributed by atoms with Crippen molar-refractivity contribution < 1.29 is 4.74 Å². The molecule has 0 aliphatic carbocycles. The number of aryl methyl sites for hydroxylation is 2. The van der Waals surface area contributed by atoms with Crippen LogP contribution in [0.4, 0.5) is 0 Å². The van der Waals surface area contributed by atoms with Gasteiger partial charge in [-0.1, -0.05) is 13.3 Å². The van der Waals surface area contributed by atoms with Gasteiger partial charge in [0.05, 0.1) is 6.61 Å². The molecule has 3 aromatic heterocycles. The maximum Gasteiger partial charge on any atom is 0.160 e. The fraction of sp³-hybridized carbons (Fsp3) is 0.389. The van der Waals surface area contributed by atoms with Crippen LogP contribution in [0.5, 0.6) is 0 Å². The zero-order chi connectivity index (χ0) is 16.2. The maximum absolute atomic E-state index is 5.20. The molecule has 0 aliphatic rings. The molecule has 0 saturated heterocycles. The second-order valence-electron chi connectivity index (χ2n) is 5.71. The van der Waals surface area contributed by atoms with E-state index >= 15 is 0 Å². The van der Waals surface area contributed by atoms with Gasteiger partial charge >= 0.3 is 0 Å². The van der Waals surface area contributed by atoms with E-state index in [4.69, 9.17) is 9.72 Å². The van der Waals surface area contributed by atoms with E-state index in [-0.39, 0.29) is 0 Å². The molecule has 0 bridgehead atoms. The first-order chi connectivity index (χ1) is 11.2. The molecule has 0 fully saturated rings. The van der Waals surface area contributed by atoms with E-state index in [1.54, 1.807) is 13.3 Å². The normalized spacial score (nSPS) is 11.3. The van der Waals surface area contributed by atoms with Gasteiger partial charge in [-0.25, -0.2) is 9.97 Å². The Labute approximate surface area is 136 Å². The van der Waals surface area contributed by atoms with E-state index in [9.17, 15) is 0 Å². The highest BCUT2D eigenvalue weighted by Gasteiger charge is 2.14. The second-order valence-corrected chi connectivity index (χ2v) is 5.71. The number of ether oxygens (including phenoxy) is 1. The molecule has 0 saturated carbocycles. The molecule has 23 heavy (non-hydrogen) atoms. The Bertz CT molecular complexity index is 810. The molecule has 3 aromatic rings. The predicted molar refractivity (Wildman–Crippen MR) is 91.3 cm³/mol. The van der Waals surface area contributed by atoms with Gasteiger partial charge in [-0.3, -0.25) is 4.98 Å². The third kappa shape index (κ3) is 3.10. The summed E-state index contributed by atoms with van der Waals surface area (Å²) in [5.74, 6) is 0.926. The fourth-order valence-electron chi connectivity index (χ4n) is 2.84. The first-order valence-corrected chi connectivity index (χ1v) is 7.98. The summed E-state index contributed by atoms with van der Waals surface area (Å²) in [6, 6.07) is 4.16. The van der Waals surface area contributed by atoms with Crippen LogP contribution >= 0.6 is 0 Å². The Morgan fingerprint density at radius 3 is 2.87 bits per heavy atom. The number of fused-ring (bicyclic) bond motifs is 1. The Hall–Kier alpha value is -2.27. The van der Waals surface area contributed by atoms with Crippen molar-refractivity contribution in [2.24, 2.45) is 7.05 Å². The Morgan fingerprint density at radius 2 is 2.09 bits per heavy atom. The summed E-state index contributed by atoms with van der Waals surface area (Å²) in [6.07, 6.45) is 8.61. The van der Waals surface area contributed by atoms with Crippen molar-refractivity contribution in [3.05, 3.63) is 41.9 Å². The lowest BCUT2D eigenvalue weighted by molar-refractivity contribution is 0.202. The number of imidazole rings is 1. The van der Waals surface area contributed by atoms with Gasteiger partial charge in [-0.2, -0.15) is 0 Å². The largest absolute Gasteiger partial charge is 0.384 e. The highest BCUT2D eigenvalue weighted by molar-refractivity contribution is 5.78. The number of hydrogen-bond acceptors (Lipinski definition) is 4. The third-order valence-electron chi connectivity index (χ3n) is 4.02. The molecule has 3 rings (SSSR count). The van der Waals surface area contributed by atoms with Gasteiger partial charge in [-0.15, -0.1) is 0 Å². The lowest BCUT2D eigenvalue weighted by Gasteiger charge is -2.08. The van der Waals surface area contributed by atoms with Crippen molar-refractivity contribution in [3.8, 4) is 11.4 Å². The van der Waals surface area contributed by atoms with E-state index in [0.717, 1.165) is 47.4 Å². The van der Waals surface area contributed by atoms with Crippen LogP contribution in [-0.4, -0.2) is 33.2 Å². The molecule has 5 nitrogen and oxygen atoms in total. The number of pyridine rings is 2. The highest BCUT2D eigenvalue weighted by atomic mass is 16.5. The number of rotatable bonds is 6. The molecule has 0 unspecified atom stereocenters. The number of methoxy groups -OCH3 is 1. The summed E-state index contributed by atoms with van der Waals surface area (Å²) < 4.78 is 7.25. The van der Waals surface area contributed by atoms with Gasteiger partial charge in [0.25, 0.3) is 0 Å². The van der Waals surface area contributed by atoms with Crippen LogP contribution in [0.15, 0.2) is 30.7 Å². The summed E-state index contributed by atoms with van der Waals surface area (Å²) in [7, 11) is 3.72. The molecule has 0 aromatic carbocycles. The van der Waals surface area contributed by atoms with Crippen molar-refractivity contribution in [2.75, 3.05) is 13.7 Å². The summed E-state index contributed by atoms with van der Waals surface area (Å²) >= 11 is 0. The van der Waals surface area contributed by atoms with Crippen LogP contribution in [0, 0.1) is 0 Å². The molecular formula is C18H22N4O. The van der Waals surface area contributed by atoms with E-state index < -0.39 is 0 Å². The molecule has 120 valence electrons. The molecular weight excluding hydrogens is 288 g/mol. The molecule has 0 spiro atoms. The first kappa shape index (κ1) is 15.6. The summed E-state index contributed by atoms with van der Waals surface area (Å²) in [4.78, 5) is 13.7. The van der Waals surface area contributed by atoms with Crippen molar-refractivity contribution in [3.63, 3.8) is 0 Å². The van der Waals surface area contributed by atoms with Crippen LogP contribution < -0.4 is 0 Å². The van der Waals surface area contributed by atoms with Crippen LogP contribution in [0.25, 0.3) is 22.6 Å². The number of aromatic nitrogens is 4. The molecule has 0 aliphatic heterocycles. The standard InChI is InChI=1S/C18H22N4O/c1-4-5-13-10-16-18(20-11-13)22(2)17(21-16)15-6-8-19-12-14(15)7-9-23-3/h6,8,10-12H,4-5,7,9H2,1-3H3. The Morgan fingerprint density at radius 1 is 1.22 bits per heavy atom. The lowest BCUT2D eigenvalue weighted by Crippen LogP contribution is -2.01. The predicted octanol–water partition coefficient (Wildman–Crippen LogP) is 3.17. The summed E-state index contributed by atoms with van der Waals surface area (Å²) in [5, 5.41) is 0. The van der Waals surface area contributed by atoms with Crippen LogP contribution in [0.1, 0.15) is 24.5 Å². The Kier molecular flexibility index (Phi) is 4.67. The van der Waals surface area contributed by atoms with Crippen LogP contribution in [-0.2, 0) is 24.6 Å². The molecule has 0 radical (unpaired) electrons. The van der Waals surface area contributed by atoms with E-state index in [1.165, 1.54) is 5.56 Å². The molecule has 3 heterocycles. The van der Waals surface area contributed by atoms with Gasteiger partial charge in [0.15, 0.2) is 5.65 Å². The first-order valence-electron chi connectivity index (χ1n) is 7.98. The van der Waals surface area contributed by atoms with Gasteiger partial charge in [-0.05, 0) is 36.1 Å². The number of nitrogens with zero attached hydrogens (tertiary/aromatic N) is 4. The van der Waals surface area contributed by atoms with Gasteiger partial charge < -0.3 is 9.30 Å². The van der Waals surface area contributed by atoms with Crippen LogP contribution in [0.2, 0.25) is 0 Å². The summed E-state index contributed by atoms with van der Waals surface area (Å²) in [6.45, 7) is 2.84. The summed E-state index contributed by atoms with van der Waals surface area (Å²) in [5.41, 5.74) is 5.33. The van der Waals surface area contributed by atoms with Crippen molar-refractivity contribution in [2.45, 2.75) is 26.2 Å². The SMILES string of the molecule is CCCc1cnc2c(c1)nc(-c1ccncc1CCOC)n2C. The minimum absolute atomic E-state index is 0.668. The fourth-order valence-corrected chi connectivity index (χ4v) is 2.84. The quantitative estimate of drug-likeness (QED) is 0.702. The zero-order valence-electron chi connectivity index (χ0n) is 13.9. The van der Waals surface area contributed by atoms with Gasteiger partial charge in [0.1, 0.15) is 11.3 Å². The highest BCUT2D eigenvalue weighted by Crippen LogP contribution is 2.26. The van der Waals surface area contributed by atoms with Crippen molar-refractivity contribution in [1.82, 2.24) is 19.5 Å². The second kappa shape index (κ2) is 6.87. The number of hydrogen-bond donors (Lipinski definition) is 0.